The van der Waals surface area contributed by atoms with Gasteiger partial charge in [-0.15, -0.1) is 0 Å². The van der Waals surface area contributed by atoms with Crippen molar-refractivity contribution in [1.29, 1.82) is 0 Å². The molecule has 2 rings (SSSR count). The molecule has 2 aromatic rings. The van der Waals surface area contributed by atoms with Gasteiger partial charge in [0.2, 0.25) is 0 Å². The van der Waals surface area contributed by atoms with Gasteiger partial charge in [0.15, 0.2) is 0 Å². The van der Waals surface area contributed by atoms with Crippen LogP contribution in [0.1, 0.15) is 20.7 Å². The second-order valence-corrected chi connectivity index (χ2v) is 5.57. The molecule has 0 atom stereocenters. The third-order valence-corrected chi connectivity index (χ3v) is 3.34. The smallest absolute Gasteiger partial charge is 0.337 e. The number of anilines is 2. The number of halogens is 2. The minimum absolute atomic E-state index is 0.0844. The van der Waals surface area contributed by atoms with Crippen LogP contribution in [0.4, 0.5) is 11.4 Å². The number of nitrogens with two attached hydrogens (primary N) is 1. The largest absolute Gasteiger partial charge is 0.478 e. The topological polar surface area (TPSA) is 92.4 Å². The van der Waals surface area contributed by atoms with Gasteiger partial charge in [-0.2, -0.15) is 0 Å². The first kappa shape index (κ1) is 15.3. The summed E-state index contributed by atoms with van der Waals surface area (Å²) in [7, 11) is 0. The molecule has 0 aliphatic heterocycles. The fourth-order valence-corrected chi connectivity index (χ4v) is 2.42. The molecule has 0 radical (unpaired) electrons. The first-order valence-electron chi connectivity index (χ1n) is 5.77. The highest BCUT2D eigenvalue weighted by Gasteiger charge is 2.14. The standard InChI is InChI=1S/C14H10BrClN2O3/c15-8-3-7(4-10(17)5-8)13(19)18-12-2-1-9(16)6-11(12)14(20)21/h1-6H,17H2,(H,18,19)(H,20,21). The lowest BCUT2D eigenvalue weighted by molar-refractivity contribution is 0.0698. The van der Waals surface area contributed by atoms with E-state index in [1.165, 1.54) is 24.3 Å². The molecule has 0 unspecified atom stereocenters. The zero-order chi connectivity index (χ0) is 15.6. The Hall–Kier alpha value is -2.05. The number of aromatic carboxylic acids is 1. The molecule has 0 saturated heterocycles. The molecule has 0 aromatic heterocycles. The summed E-state index contributed by atoms with van der Waals surface area (Å²) in [6.07, 6.45) is 0. The Morgan fingerprint density at radius 1 is 1.19 bits per heavy atom. The van der Waals surface area contributed by atoms with Crippen LogP contribution in [-0.2, 0) is 0 Å². The second-order valence-electron chi connectivity index (χ2n) is 4.22. The molecule has 0 bridgehead atoms. The lowest BCUT2D eigenvalue weighted by Crippen LogP contribution is -2.15. The van der Waals surface area contributed by atoms with Gasteiger partial charge in [-0.25, -0.2) is 4.79 Å². The van der Waals surface area contributed by atoms with Gasteiger partial charge in [-0.1, -0.05) is 27.5 Å². The summed E-state index contributed by atoms with van der Waals surface area (Å²) < 4.78 is 0.655. The van der Waals surface area contributed by atoms with Crippen LogP contribution < -0.4 is 11.1 Å². The fourth-order valence-electron chi connectivity index (χ4n) is 1.74. The summed E-state index contributed by atoms with van der Waals surface area (Å²) in [5.41, 5.74) is 6.48. The van der Waals surface area contributed by atoms with Crippen molar-refractivity contribution in [1.82, 2.24) is 0 Å². The van der Waals surface area contributed by atoms with E-state index in [0.29, 0.717) is 15.7 Å². The molecule has 0 heterocycles. The molecule has 0 saturated carbocycles. The predicted molar refractivity (Wildman–Crippen MR) is 84.9 cm³/mol. The van der Waals surface area contributed by atoms with Crippen molar-refractivity contribution in [2.75, 3.05) is 11.1 Å². The third-order valence-electron chi connectivity index (χ3n) is 2.64. The molecular weight excluding hydrogens is 360 g/mol. The first-order chi connectivity index (χ1) is 9.86. The minimum Gasteiger partial charge on any atom is -0.478 e. The number of carbonyl (C=O) groups excluding carboxylic acids is 1. The number of hydrogen-bond donors (Lipinski definition) is 3. The number of benzene rings is 2. The van der Waals surface area contributed by atoms with Crippen LogP contribution in [-0.4, -0.2) is 17.0 Å². The Morgan fingerprint density at radius 3 is 2.52 bits per heavy atom. The van der Waals surface area contributed by atoms with Gasteiger partial charge in [0.25, 0.3) is 5.91 Å². The normalized spacial score (nSPS) is 10.2. The summed E-state index contributed by atoms with van der Waals surface area (Å²) in [5.74, 6) is -1.64. The summed E-state index contributed by atoms with van der Waals surface area (Å²) in [6, 6.07) is 8.94. The Bertz CT molecular complexity index is 714. The number of carbonyl (C=O) groups is 2. The van der Waals surface area contributed by atoms with E-state index in [2.05, 4.69) is 21.2 Å². The van der Waals surface area contributed by atoms with E-state index in [0.717, 1.165) is 0 Å². The number of amides is 1. The Balaban J connectivity index is 2.33. The van der Waals surface area contributed by atoms with Crippen molar-refractivity contribution in [3.63, 3.8) is 0 Å². The molecule has 2 aromatic carbocycles. The van der Waals surface area contributed by atoms with E-state index in [9.17, 15) is 9.59 Å². The highest BCUT2D eigenvalue weighted by Crippen LogP contribution is 2.23. The highest BCUT2D eigenvalue weighted by atomic mass is 79.9. The number of nitrogen functional groups attached to an aromatic ring is 1. The molecule has 0 aliphatic rings. The van der Waals surface area contributed by atoms with E-state index >= 15 is 0 Å². The van der Waals surface area contributed by atoms with Gasteiger partial charge in [0.1, 0.15) is 0 Å². The Labute approximate surface area is 133 Å². The summed E-state index contributed by atoms with van der Waals surface area (Å²) in [4.78, 5) is 23.3. The maximum Gasteiger partial charge on any atom is 0.337 e. The molecule has 0 spiro atoms. The maximum absolute atomic E-state index is 12.2. The monoisotopic (exact) mass is 368 g/mol. The van der Waals surface area contributed by atoms with E-state index < -0.39 is 11.9 Å². The summed E-state index contributed by atoms with van der Waals surface area (Å²) >= 11 is 9.00. The fraction of sp³-hybridized carbons (Fsp3) is 0. The van der Waals surface area contributed by atoms with Crippen molar-refractivity contribution in [3.8, 4) is 0 Å². The second kappa shape index (κ2) is 6.15. The van der Waals surface area contributed by atoms with E-state index in [4.69, 9.17) is 22.4 Å². The maximum atomic E-state index is 12.2. The molecule has 1 amide bonds. The molecule has 0 aliphatic carbocycles. The number of rotatable bonds is 3. The molecule has 108 valence electrons. The zero-order valence-electron chi connectivity index (χ0n) is 10.6. The summed E-state index contributed by atoms with van der Waals surface area (Å²) in [6.45, 7) is 0. The number of carboxylic acid groups (broad SMARTS) is 1. The van der Waals surface area contributed by atoms with Crippen molar-refractivity contribution in [2.45, 2.75) is 0 Å². The van der Waals surface area contributed by atoms with Crippen molar-refractivity contribution in [2.24, 2.45) is 0 Å². The Morgan fingerprint density at radius 2 is 1.90 bits per heavy atom. The highest BCUT2D eigenvalue weighted by molar-refractivity contribution is 9.10. The van der Waals surface area contributed by atoms with Gasteiger partial charge in [0, 0.05) is 20.7 Å². The van der Waals surface area contributed by atoms with Gasteiger partial charge >= 0.3 is 5.97 Å². The first-order valence-corrected chi connectivity index (χ1v) is 6.94. The lowest BCUT2D eigenvalue weighted by atomic mass is 10.1. The molecular formula is C14H10BrClN2O3. The minimum atomic E-state index is -1.18. The molecule has 5 nitrogen and oxygen atoms in total. The molecule has 4 N–H and O–H groups in total. The number of carboxylic acids is 1. The van der Waals surface area contributed by atoms with E-state index in [1.54, 1.807) is 12.1 Å². The average molecular weight is 370 g/mol. The van der Waals surface area contributed by atoms with Crippen LogP contribution in [0, 0.1) is 0 Å². The van der Waals surface area contributed by atoms with E-state index in [1.807, 2.05) is 0 Å². The Kier molecular flexibility index (Phi) is 4.50. The van der Waals surface area contributed by atoms with Crippen molar-refractivity contribution in [3.05, 3.63) is 57.0 Å². The van der Waals surface area contributed by atoms with Crippen molar-refractivity contribution >= 4 is 50.8 Å². The molecule has 7 heteroatoms. The van der Waals surface area contributed by atoms with Crippen LogP contribution >= 0.6 is 27.5 Å². The van der Waals surface area contributed by atoms with Crippen molar-refractivity contribution < 1.29 is 14.7 Å². The van der Waals surface area contributed by atoms with Crippen LogP contribution in [0.2, 0.25) is 5.02 Å². The zero-order valence-corrected chi connectivity index (χ0v) is 12.9. The third kappa shape index (κ3) is 3.74. The average Bonchev–Trinajstić information content (AvgIpc) is 2.39. The van der Waals surface area contributed by atoms with Gasteiger partial charge < -0.3 is 16.2 Å². The quantitative estimate of drug-likeness (QED) is 0.720. The van der Waals surface area contributed by atoms with Crippen LogP contribution in [0.25, 0.3) is 0 Å². The summed E-state index contributed by atoms with van der Waals surface area (Å²) in [5, 5.41) is 11.9. The predicted octanol–water partition coefficient (Wildman–Crippen LogP) is 3.64. The van der Waals surface area contributed by atoms with Gasteiger partial charge in [-0.3, -0.25) is 4.79 Å². The van der Waals surface area contributed by atoms with E-state index in [-0.39, 0.29) is 16.3 Å². The molecule has 0 fully saturated rings. The van der Waals surface area contributed by atoms with Crippen LogP contribution in [0.5, 0.6) is 0 Å². The molecule has 21 heavy (non-hydrogen) atoms. The number of nitrogens with one attached hydrogen (secondary N) is 1. The van der Waals surface area contributed by atoms with Gasteiger partial charge in [-0.05, 0) is 36.4 Å². The SMILES string of the molecule is Nc1cc(Br)cc(C(=O)Nc2ccc(Cl)cc2C(=O)O)c1. The van der Waals surface area contributed by atoms with Gasteiger partial charge in [0.05, 0.1) is 11.3 Å². The lowest BCUT2D eigenvalue weighted by Gasteiger charge is -2.09. The van der Waals surface area contributed by atoms with Crippen LogP contribution in [0.15, 0.2) is 40.9 Å². The van der Waals surface area contributed by atoms with Crippen LogP contribution in [0.3, 0.4) is 0 Å². The number of hydrogen-bond acceptors (Lipinski definition) is 3.